The minimum Gasteiger partial charge on any atom is -0.369 e. The van der Waals surface area contributed by atoms with Crippen LogP contribution in [0, 0.1) is 5.82 Å². The van der Waals surface area contributed by atoms with Crippen LogP contribution in [0.5, 0.6) is 0 Å². The van der Waals surface area contributed by atoms with Crippen molar-refractivity contribution in [1.82, 2.24) is 4.90 Å². The van der Waals surface area contributed by atoms with Gasteiger partial charge in [0, 0.05) is 49.7 Å². The van der Waals surface area contributed by atoms with E-state index in [1.54, 1.807) is 24.3 Å². The molecule has 2 aromatic rings. The molecular weight excluding hydrogens is 362 g/mol. The molecule has 1 fully saturated rings. The summed E-state index contributed by atoms with van der Waals surface area (Å²) in [5.74, 6) is -2.20. The van der Waals surface area contributed by atoms with Crippen LogP contribution in [0.25, 0.3) is 0 Å². The van der Waals surface area contributed by atoms with E-state index in [0.717, 1.165) is 31.9 Å². The number of hydrogen-bond donors (Lipinski definition) is 1. The first-order chi connectivity index (χ1) is 12.8. The van der Waals surface area contributed by atoms with E-state index >= 15 is 0 Å². The fourth-order valence-corrected chi connectivity index (χ4v) is 2.99. The number of piperazine rings is 1. The fraction of sp³-hybridized carbons (Fsp3) is 0.316. The number of benzene rings is 2. The van der Waals surface area contributed by atoms with Gasteiger partial charge in [0.15, 0.2) is 0 Å². The van der Waals surface area contributed by atoms with Gasteiger partial charge in [0.05, 0.1) is 0 Å². The molecule has 2 aromatic carbocycles. The molecule has 1 saturated heterocycles. The molecule has 0 unspecified atom stereocenters. The second kappa shape index (κ2) is 7.96. The van der Waals surface area contributed by atoms with Crippen molar-refractivity contribution >= 4 is 17.3 Å². The molecule has 1 amide bonds. The number of nitrogens with one attached hydrogen (secondary N) is 1. The highest BCUT2D eigenvalue weighted by molar-refractivity contribution is 5.95. The first-order valence-corrected chi connectivity index (χ1v) is 8.52. The third-order valence-corrected chi connectivity index (χ3v) is 4.47. The van der Waals surface area contributed by atoms with Crippen LogP contribution in [0.2, 0.25) is 0 Å². The number of anilines is 2. The Balaban J connectivity index is 1.54. The summed E-state index contributed by atoms with van der Waals surface area (Å²) in [7, 11) is 0. The van der Waals surface area contributed by atoms with E-state index in [9.17, 15) is 22.4 Å². The summed E-state index contributed by atoms with van der Waals surface area (Å²) >= 11 is 0. The number of carbonyl (C=O) groups excluding carboxylic acids is 1. The lowest BCUT2D eigenvalue weighted by Gasteiger charge is -2.36. The van der Waals surface area contributed by atoms with Crippen molar-refractivity contribution in [2.24, 2.45) is 0 Å². The van der Waals surface area contributed by atoms with Crippen LogP contribution in [0.1, 0.15) is 5.56 Å². The van der Waals surface area contributed by atoms with Crippen LogP contribution in [-0.4, -0.2) is 43.2 Å². The third-order valence-electron chi connectivity index (χ3n) is 4.47. The number of alkyl halides is 3. The predicted molar refractivity (Wildman–Crippen MR) is 95.0 cm³/mol. The summed E-state index contributed by atoms with van der Waals surface area (Å²) in [6.07, 6.45) is -4.91. The Hall–Kier alpha value is -2.61. The smallest absolute Gasteiger partial charge is 0.369 e. The number of carbonyl (C=O) groups is 1. The lowest BCUT2D eigenvalue weighted by atomic mass is 10.1. The van der Waals surface area contributed by atoms with E-state index in [0.29, 0.717) is 12.1 Å². The second-order valence-corrected chi connectivity index (χ2v) is 6.35. The summed E-state index contributed by atoms with van der Waals surface area (Å²) in [6.45, 7) is 3.50. The van der Waals surface area contributed by atoms with Crippen molar-refractivity contribution < 1.29 is 22.4 Å². The molecule has 144 valence electrons. The van der Waals surface area contributed by atoms with E-state index in [1.165, 1.54) is 18.2 Å². The summed E-state index contributed by atoms with van der Waals surface area (Å²) < 4.78 is 50.6. The van der Waals surface area contributed by atoms with Gasteiger partial charge in [-0.25, -0.2) is 4.39 Å². The number of amides is 1. The molecule has 0 saturated carbocycles. The summed E-state index contributed by atoms with van der Waals surface area (Å²) in [5.41, 5.74) is 1.63. The van der Waals surface area contributed by atoms with Gasteiger partial charge < -0.3 is 10.2 Å². The van der Waals surface area contributed by atoms with E-state index in [4.69, 9.17) is 0 Å². The molecule has 8 heteroatoms. The van der Waals surface area contributed by atoms with Crippen molar-refractivity contribution in [1.29, 1.82) is 0 Å². The van der Waals surface area contributed by atoms with Crippen LogP contribution in [-0.2, 0) is 11.3 Å². The molecule has 0 aromatic heterocycles. The van der Waals surface area contributed by atoms with Crippen molar-refractivity contribution in [3.8, 4) is 0 Å². The lowest BCUT2D eigenvalue weighted by Crippen LogP contribution is -2.46. The monoisotopic (exact) mass is 381 g/mol. The lowest BCUT2D eigenvalue weighted by molar-refractivity contribution is -0.167. The molecule has 1 heterocycles. The van der Waals surface area contributed by atoms with Crippen LogP contribution in [0.3, 0.4) is 0 Å². The van der Waals surface area contributed by atoms with E-state index in [2.05, 4.69) is 9.80 Å². The maximum absolute atomic E-state index is 13.8. The number of nitrogens with zero attached hydrogens (tertiary/aromatic N) is 2. The van der Waals surface area contributed by atoms with Gasteiger partial charge in [-0.15, -0.1) is 0 Å². The zero-order valence-electron chi connectivity index (χ0n) is 14.5. The molecule has 0 atom stereocenters. The highest BCUT2D eigenvalue weighted by atomic mass is 19.4. The fourth-order valence-electron chi connectivity index (χ4n) is 2.99. The van der Waals surface area contributed by atoms with E-state index in [1.807, 2.05) is 11.4 Å². The van der Waals surface area contributed by atoms with Crippen molar-refractivity contribution in [3.05, 3.63) is 59.9 Å². The molecule has 0 spiro atoms. The first-order valence-electron chi connectivity index (χ1n) is 8.52. The molecule has 3 rings (SSSR count). The molecular formula is C19H19F4N3O. The van der Waals surface area contributed by atoms with Crippen LogP contribution >= 0.6 is 0 Å². The van der Waals surface area contributed by atoms with Gasteiger partial charge in [-0.05, 0) is 30.3 Å². The summed E-state index contributed by atoms with van der Waals surface area (Å²) in [4.78, 5) is 15.2. The topological polar surface area (TPSA) is 35.6 Å². The van der Waals surface area contributed by atoms with Crippen molar-refractivity contribution in [3.63, 3.8) is 0 Å². The summed E-state index contributed by atoms with van der Waals surface area (Å²) in [6, 6.07) is 13.0. The van der Waals surface area contributed by atoms with E-state index < -0.39 is 12.1 Å². The van der Waals surface area contributed by atoms with Gasteiger partial charge in [-0.2, -0.15) is 13.2 Å². The highest BCUT2D eigenvalue weighted by Crippen LogP contribution is 2.22. The van der Waals surface area contributed by atoms with E-state index in [-0.39, 0.29) is 11.5 Å². The van der Waals surface area contributed by atoms with Gasteiger partial charge in [0.1, 0.15) is 5.82 Å². The SMILES string of the molecule is O=C(Nc1ccc(N2CCN(Cc3ccccc3F)CC2)cc1)C(F)(F)F. The van der Waals surface area contributed by atoms with Crippen molar-refractivity contribution in [2.45, 2.75) is 12.7 Å². The average Bonchev–Trinajstić information content (AvgIpc) is 2.64. The number of rotatable bonds is 4. The Labute approximate surface area is 154 Å². The van der Waals surface area contributed by atoms with Crippen LogP contribution in [0.4, 0.5) is 28.9 Å². The average molecular weight is 381 g/mol. The Morgan fingerprint density at radius 3 is 2.19 bits per heavy atom. The highest BCUT2D eigenvalue weighted by Gasteiger charge is 2.38. The van der Waals surface area contributed by atoms with Crippen LogP contribution < -0.4 is 10.2 Å². The molecule has 0 radical (unpaired) electrons. The van der Waals surface area contributed by atoms with Crippen LogP contribution in [0.15, 0.2) is 48.5 Å². The van der Waals surface area contributed by atoms with Gasteiger partial charge in [0.2, 0.25) is 0 Å². The second-order valence-electron chi connectivity index (χ2n) is 6.35. The molecule has 27 heavy (non-hydrogen) atoms. The zero-order valence-corrected chi connectivity index (χ0v) is 14.5. The normalized spacial score (nSPS) is 15.6. The maximum atomic E-state index is 13.8. The minimum absolute atomic E-state index is 0.0965. The van der Waals surface area contributed by atoms with Crippen molar-refractivity contribution in [2.75, 3.05) is 36.4 Å². The number of hydrogen-bond acceptors (Lipinski definition) is 3. The minimum atomic E-state index is -4.91. The maximum Gasteiger partial charge on any atom is 0.471 e. The molecule has 0 aliphatic carbocycles. The van der Waals surface area contributed by atoms with Gasteiger partial charge in [-0.3, -0.25) is 9.69 Å². The third kappa shape index (κ3) is 4.97. The largest absolute Gasteiger partial charge is 0.471 e. The molecule has 1 N–H and O–H groups in total. The Kier molecular flexibility index (Phi) is 5.65. The van der Waals surface area contributed by atoms with Gasteiger partial charge in [0.25, 0.3) is 0 Å². The predicted octanol–water partition coefficient (Wildman–Crippen LogP) is 3.65. The Morgan fingerprint density at radius 1 is 0.963 bits per heavy atom. The Morgan fingerprint density at radius 2 is 1.59 bits per heavy atom. The molecule has 1 aliphatic heterocycles. The Bertz CT molecular complexity index is 784. The first kappa shape index (κ1) is 19.2. The van der Waals surface area contributed by atoms with Gasteiger partial charge >= 0.3 is 12.1 Å². The van der Waals surface area contributed by atoms with Gasteiger partial charge in [-0.1, -0.05) is 18.2 Å². The standard InChI is InChI=1S/C19H19F4N3O/c20-17-4-2-1-3-14(17)13-25-9-11-26(12-10-25)16-7-5-15(6-8-16)24-18(27)19(21,22)23/h1-8H,9-13H2,(H,24,27). The molecule has 4 nitrogen and oxygen atoms in total. The summed E-state index contributed by atoms with van der Waals surface area (Å²) in [5, 5.41) is 1.83. The zero-order chi connectivity index (χ0) is 19.4. The number of halogens is 4. The molecule has 0 bridgehead atoms. The quantitative estimate of drug-likeness (QED) is 0.822. The molecule has 1 aliphatic rings.